The van der Waals surface area contributed by atoms with Crippen LogP contribution in [-0.4, -0.2) is 51.9 Å². The van der Waals surface area contributed by atoms with E-state index in [4.69, 9.17) is 4.52 Å². The monoisotopic (exact) mass is 370 g/mol. The zero-order chi connectivity index (χ0) is 19.4. The molecule has 1 saturated heterocycles. The van der Waals surface area contributed by atoms with Crippen LogP contribution in [0.3, 0.4) is 0 Å². The summed E-state index contributed by atoms with van der Waals surface area (Å²) in [6, 6.07) is 7.62. The van der Waals surface area contributed by atoms with E-state index < -0.39 is 0 Å². The van der Waals surface area contributed by atoms with Gasteiger partial charge in [-0.2, -0.15) is 4.98 Å². The molecule has 0 N–H and O–H groups in total. The van der Waals surface area contributed by atoms with E-state index in [0.29, 0.717) is 50.6 Å². The van der Waals surface area contributed by atoms with Gasteiger partial charge >= 0.3 is 0 Å². The standard InChI is InChI=1S/C20H26N4O3/c1-4-18-21-17(22-27-18)13-23(3)19(25)15-9-11-24(12-10-15)20(26)16-8-6-5-7-14(16)2/h5-8,15H,4,9-13H2,1-3H3. The topological polar surface area (TPSA) is 79.5 Å². The molecule has 0 aliphatic carbocycles. The van der Waals surface area contributed by atoms with Crippen molar-refractivity contribution in [2.45, 2.75) is 39.7 Å². The Morgan fingerprint density at radius 3 is 2.59 bits per heavy atom. The maximum absolute atomic E-state index is 12.7. The zero-order valence-electron chi connectivity index (χ0n) is 16.1. The van der Waals surface area contributed by atoms with Gasteiger partial charge < -0.3 is 14.3 Å². The lowest BCUT2D eigenvalue weighted by molar-refractivity contribution is -0.136. The Morgan fingerprint density at radius 1 is 1.26 bits per heavy atom. The molecule has 7 heteroatoms. The van der Waals surface area contributed by atoms with E-state index in [1.165, 1.54) is 0 Å². The number of carbonyl (C=O) groups is 2. The predicted molar refractivity (Wildman–Crippen MR) is 100.0 cm³/mol. The number of amides is 2. The van der Waals surface area contributed by atoms with E-state index in [1.807, 2.05) is 43.0 Å². The number of aromatic nitrogens is 2. The van der Waals surface area contributed by atoms with Crippen molar-refractivity contribution in [3.8, 4) is 0 Å². The molecule has 0 spiro atoms. The third-order valence-electron chi connectivity index (χ3n) is 5.07. The minimum Gasteiger partial charge on any atom is -0.339 e. The molecule has 1 aliphatic rings. The number of likely N-dealkylation sites (tertiary alicyclic amines) is 1. The molecule has 0 saturated carbocycles. The van der Waals surface area contributed by atoms with E-state index in [1.54, 1.807) is 11.9 Å². The number of piperidine rings is 1. The zero-order valence-corrected chi connectivity index (χ0v) is 16.1. The van der Waals surface area contributed by atoms with Crippen molar-refractivity contribution in [1.29, 1.82) is 0 Å². The van der Waals surface area contributed by atoms with Crippen molar-refractivity contribution in [2.75, 3.05) is 20.1 Å². The van der Waals surface area contributed by atoms with Crippen LogP contribution in [0.5, 0.6) is 0 Å². The van der Waals surface area contributed by atoms with E-state index in [2.05, 4.69) is 10.1 Å². The maximum atomic E-state index is 12.7. The van der Waals surface area contributed by atoms with Gasteiger partial charge in [0.15, 0.2) is 5.82 Å². The molecule has 0 unspecified atom stereocenters. The lowest BCUT2D eigenvalue weighted by atomic mass is 9.94. The summed E-state index contributed by atoms with van der Waals surface area (Å²) in [5, 5.41) is 3.90. The number of benzene rings is 1. The summed E-state index contributed by atoms with van der Waals surface area (Å²) >= 11 is 0. The van der Waals surface area contributed by atoms with Gasteiger partial charge in [0, 0.05) is 38.0 Å². The first-order valence-electron chi connectivity index (χ1n) is 9.41. The van der Waals surface area contributed by atoms with Crippen LogP contribution in [0.2, 0.25) is 0 Å². The van der Waals surface area contributed by atoms with Gasteiger partial charge in [-0.1, -0.05) is 30.3 Å². The van der Waals surface area contributed by atoms with Gasteiger partial charge in [-0.3, -0.25) is 9.59 Å². The highest BCUT2D eigenvalue weighted by Gasteiger charge is 2.30. The summed E-state index contributed by atoms with van der Waals surface area (Å²) in [7, 11) is 1.76. The summed E-state index contributed by atoms with van der Waals surface area (Å²) < 4.78 is 5.09. The van der Waals surface area contributed by atoms with Gasteiger partial charge in [0.25, 0.3) is 5.91 Å². The van der Waals surface area contributed by atoms with Crippen molar-refractivity contribution in [1.82, 2.24) is 19.9 Å². The molecule has 0 bridgehead atoms. The molecule has 1 aromatic heterocycles. The first kappa shape index (κ1) is 19.1. The molecule has 2 amide bonds. The van der Waals surface area contributed by atoms with Gasteiger partial charge in [0.1, 0.15) is 0 Å². The summed E-state index contributed by atoms with van der Waals surface area (Å²) in [5.74, 6) is 1.14. The van der Waals surface area contributed by atoms with Crippen LogP contribution in [0.1, 0.15) is 47.4 Å². The van der Waals surface area contributed by atoms with Crippen LogP contribution < -0.4 is 0 Å². The average molecular weight is 370 g/mol. The van der Waals surface area contributed by atoms with E-state index in [9.17, 15) is 9.59 Å². The Hall–Kier alpha value is -2.70. The molecule has 2 heterocycles. The largest absolute Gasteiger partial charge is 0.339 e. The highest BCUT2D eigenvalue weighted by atomic mass is 16.5. The van der Waals surface area contributed by atoms with Crippen LogP contribution in [-0.2, 0) is 17.8 Å². The molecule has 0 atom stereocenters. The van der Waals surface area contributed by atoms with Gasteiger partial charge in [0.2, 0.25) is 11.8 Å². The molecular weight excluding hydrogens is 344 g/mol. The van der Waals surface area contributed by atoms with Gasteiger partial charge in [-0.25, -0.2) is 0 Å². The fourth-order valence-corrected chi connectivity index (χ4v) is 3.41. The Balaban J connectivity index is 1.54. The normalized spacial score (nSPS) is 15.0. The number of hydrogen-bond acceptors (Lipinski definition) is 5. The quantitative estimate of drug-likeness (QED) is 0.808. The number of nitrogens with zero attached hydrogens (tertiary/aromatic N) is 4. The van der Waals surface area contributed by atoms with Crippen molar-refractivity contribution >= 4 is 11.8 Å². The number of carbonyl (C=O) groups excluding carboxylic acids is 2. The van der Waals surface area contributed by atoms with Crippen molar-refractivity contribution < 1.29 is 14.1 Å². The van der Waals surface area contributed by atoms with Crippen LogP contribution >= 0.6 is 0 Å². The second-order valence-electron chi connectivity index (χ2n) is 7.03. The molecule has 27 heavy (non-hydrogen) atoms. The SMILES string of the molecule is CCc1nc(CN(C)C(=O)C2CCN(C(=O)c3ccccc3C)CC2)no1. The van der Waals surface area contributed by atoms with Crippen LogP contribution in [0.25, 0.3) is 0 Å². The summed E-state index contributed by atoms with van der Waals surface area (Å²) in [5.41, 5.74) is 1.72. The molecule has 0 radical (unpaired) electrons. The first-order valence-corrected chi connectivity index (χ1v) is 9.41. The predicted octanol–water partition coefficient (Wildman–Crippen LogP) is 2.45. The average Bonchev–Trinajstić information content (AvgIpc) is 3.15. The van der Waals surface area contributed by atoms with Gasteiger partial charge in [-0.15, -0.1) is 0 Å². The third kappa shape index (κ3) is 4.35. The molecule has 144 valence electrons. The Bertz CT molecular complexity index is 809. The second-order valence-corrected chi connectivity index (χ2v) is 7.03. The van der Waals surface area contributed by atoms with E-state index in [0.717, 1.165) is 11.1 Å². The third-order valence-corrected chi connectivity index (χ3v) is 5.07. The van der Waals surface area contributed by atoms with Gasteiger partial charge in [0.05, 0.1) is 6.54 Å². The molecule has 2 aromatic rings. The molecule has 1 aliphatic heterocycles. The highest BCUT2D eigenvalue weighted by Crippen LogP contribution is 2.22. The Labute approximate surface area is 159 Å². The number of rotatable bonds is 5. The molecule has 3 rings (SSSR count). The molecule has 7 nitrogen and oxygen atoms in total. The minimum absolute atomic E-state index is 0.0474. The first-order chi connectivity index (χ1) is 13.0. The summed E-state index contributed by atoms with van der Waals surface area (Å²) in [6.07, 6.45) is 2.03. The number of aryl methyl sites for hydroxylation is 2. The van der Waals surface area contributed by atoms with Crippen molar-refractivity contribution in [3.05, 3.63) is 47.1 Å². The second kappa shape index (κ2) is 8.33. The van der Waals surface area contributed by atoms with Crippen molar-refractivity contribution in [2.24, 2.45) is 5.92 Å². The lowest BCUT2D eigenvalue weighted by Gasteiger charge is -2.33. The van der Waals surface area contributed by atoms with Gasteiger partial charge in [-0.05, 0) is 31.4 Å². The van der Waals surface area contributed by atoms with Crippen LogP contribution in [0.15, 0.2) is 28.8 Å². The fraction of sp³-hybridized carbons (Fsp3) is 0.500. The Kier molecular flexibility index (Phi) is 5.88. The maximum Gasteiger partial charge on any atom is 0.254 e. The molecule has 1 fully saturated rings. The van der Waals surface area contributed by atoms with Crippen LogP contribution in [0, 0.1) is 12.8 Å². The summed E-state index contributed by atoms with van der Waals surface area (Å²) in [4.78, 5) is 33.2. The smallest absolute Gasteiger partial charge is 0.254 e. The van der Waals surface area contributed by atoms with Crippen molar-refractivity contribution in [3.63, 3.8) is 0 Å². The Morgan fingerprint density at radius 2 is 1.96 bits per heavy atom. The summed E-state index contributed by atoms with van der Waals surface area (Å²) in [6.45, 7) is 5.42. The fourth-order valence-electron chi connectivity index (χ4n) is 3.41. The highest BCUT2D eigenvalue weighted by molar-refractivity contribution is 5.95. The number of hydrogen-bond donors (Lipinski definition) is 0. The molecule has 1 aromatic carbocycles. The molecular formula is C20H26N4O3. The minimum atomic E-state index is -0.0755. The van der Waals surface area contributed by atoms with Crippen LogP contribution in [0.4, 0.5) is 0 Å². The van der Waals surface area contributed by atoms with E-state index in [-0.39, 0.29) is 17.7 Å². The van der Waals surface area contributed by atoms with E-state index >= 15 is 0 Å². The lowest BCUT2D eigenvalue weighted by Crippen LogP contribution is -2.43.